The zero-order valence-corrected chi connectivity index (χ0v) is 12.3. The molecule has 0 aliphatic heterocycles. The van der Waals surface area contributed by atoms with Crippen LogP contribution in [0.2, 0.25) is 0 Å². The molecule has 0 spiro atoms. The molecule has 0 atom stereocenters. The van der Waals surface area contributed by atoms with Crippen LogP contribution in [0.25, 0.3) is 6.08 Å². The van der Waals surface area contributed by atoms with Gasteiger partial charge in [-0.15, -0.1) is 0 Å². The normalized spacial score (nSPS) is 11.0. The van der Waals surface area contributed by atoms with Gasteiger partial charge in [0.1, 0.15) is 11.6 Å². The number of amides is 1. The molecule has 112 valence electrons. The van der Waals surface area contributed by atoms with Crippen molar-refractivity contribution in [1.82, 2.24) is 14.5 Å². The first kappa shape index (κ1) is 16.4. The second-order valence-electron chi connectivity index (χ2n) is 4.62. The minimum atomic E-state index is -0.549. The van der Waals surface area contributed by atoms with Gasteiger partial charge in [-0.25, -0.2) is 4.79 Å². The Hall–Kier alpha value is -2.62. The van der Waals surface area contributed by atoms with Crippen molar-refractivity contribution >= 4 is 12.0 Å². The van der Waals surface area contributed by atoms with Gasteiger partial charge in [-0.2, -0.15) is 5.26 Å². The van der Waals surface area contributed by atoms with E-state index in [0.29, 0.717) is 6.54 Å². The van der Waals surface area contributed by atoms with Crippen molar-refractivity contribution in [3.63, 3.8) is 0 Å². The Balaban J connectivity index is 3.16. The predicted molar refractivity (Wildman–Crippen MR) is 78.4 cm³/mol. The van der Waals surface area contributed by atoms with Crippen LogP contribution in [0.5, 0.6) is 0 Å². The first-order valence-electron chi connectivity index (χ1n) is 6.59. The summed E-state index contributed by atoms with van der Waals surface area (Å²) in [4.78, 5) is 35.3. The highest BCUT2D eigenvalue weighted by Gasteiger charge is 2.11. The lowest BCUT2D eigenvalue weighted by atomic mass is 10.2. The van der Waals surface area contributed by atoms with Crippen molar-refractivity contribution in [3.05, 3.63) is 38.2 Å². The summed E-state index contributed by atoms with van der Waals surface area (Å²) in [5.74, 6) is -0.526. The van der Waals surface area contributed by atoms with Gasteiger partial charge in [0.25, 0.3) is 11.5 Å². The Bertz CT molecular complexity index is 719. The molecule has 7 nitrogen and oxygen atoms in total. The molecule has 0 aliphatic carbocycles. The van der Waals surface area contributed by atoms with E-state index >= 15 is 0 Å². The van der Waals surface area contributed by atoms with Gasteiger partial charge in [0.15, 0.2) is 0 Å². The molecule has 1 N–H and O–H groups in total. The summed E-state index contributed by atoms with van der Waals surface area (Å²) in [5.41, 5.74) is -1.07. The maximum atomic E-state index is 11.9. The Morgan fingerprint density at radius 1 is 1.43 bits per heavy atom. The number of rotatable bonds is 5. The van der Waals surface area contributed by atoms with Gasteiger partial charge < -0.3 is 9.88 Å². The molecule has 0 aromatic carbocycles. The number of nitriles is 1. The third-order valence-corrected chi connectivity index (χ3v) is 2.95. The van der Waals surface area contributed by atoms with Crippen LogP contribution >= 0.6 is 0 Å². The van der Waals surface area contributed by atoms with Crippen LogP contribution in [0, 0.1) is 11.3 Å². The van der Waals surface area contributed by atoms with E-state index in [0.717, 1.165) is 17.4 Å². The maximum absolute atomic E-state index is 11.9. The van der Waals surface area contributed by atoms with Gasteiger partial charge in [-0.3, -0.25) is 14.2 Å². The van der Waals surface area contributed by atoms with Gasteiger partial charge in [0.2, 0.25) is 0 Å². The third kappa shape index (κ3) is 3.92. The van der Waals surface area contributed by atoms with Crippen molar-refractivity contribution in [3.8, 4) is 6.07 Å². The van der Waals surface area contributed by atoms with E-state index < -0.39 is 17.2 Å². The van der Waals surface area contributed by atoms with Gasteiger partial charge in [-0.1, -0.05) is 13.3 Å². The first-order valence-corrected chi connectivity index (χ1v) is 6.59. The summed E-state index contributed by atoms with van der Waals surface area (Å²) in [7, 11) is 2.84. The first-order chi connectivity index (χ1) is 9.92. The molecule has 1 rings (SSSR count). The number of nitrogens with one attached hydrogen (secondary N) is 1. The van der Waals surface area contributed by atoms with E-state index in [1.807, 2.05) is 6.92 Å². The Morgan fingerprint density at radius 2 is 2.10 bits per heavy atom. The van der Waals surface area contributed by atoms with Crippen LogP contribution in [0.15, 0.2) is 21.4 Å². The molecule has 0 radical (unpaired) electrons. The van der Waals surface area contributed by atoms with Crippen molar-refractivity contribution in [2.75, 3.05) is 6.54 Å². The van der Waals surface area contributed by atoms with Gasteiger partial charge >= 0.3 is 5.69 Å². The summed E-state index contributed by atoms with van der Waals surface area (Å²) < 4.78 is 2.15. The summed E-state index contributed by atoms with van der Waals surface area (Å²) in [6.07, 6.45) is 4.24. The minimum Gasteiger partial charge on any atom is -0.351 e. The third-order valence-electron chi connectivity index (χ3n) is 2.95. The highest BCUT2D eigenvalue weighted by molar-refractivity contribution is 6.01. The SMILES string of the molecule is CCCCNC(=O)/C(C#N)=C/c1cn(C)c(=O)n(C)c1=O. The van der Waals surface area contributed by atoms with E-state index in [-0.39, 0.29) is 11.1 Å². The number of aryl methyl sites for hydroxylation is 1. The van der Waals surface area contributed by atoms with E-state index in [4.69, 9.17) is 5.26 Å². The fourth-order valence-electron chi connectivity index (χ4n) is 1.71. The smallest absolute Gasteiger partial charge is 0.330 e. The Kier molecular flexibility index (Phi) is 5.67. The van der Waals surface area contributed by atoms with Gasteiger partial charge in [0, 0.05) is 26.8 Å². The fourth-order valence-corrected chi connectivity index (χ4v) is 1.71. The summed E-state index contributed by atoms with van der Waals surface area (Å²) >= 11 is 0. The zero-order valence-electron chi connectivity index (χ0n) is 12.3. The fraction of sp³-hybridized carbons (Fsp3) is 0.429. The van der Waals surface area contributed by atoms with Crippen molar-refractivity contribution < 1.29 is 4.79 Å². The monoisotopic (exact) mass is 290 g/mol. The average molecular weight is 290 g/mol. The summed E-state index contributed by atoms with van der Waals surface area (Å²) in [6, 6.07) is 1.77. The number of aromatic nitrogens is 2. The van der Waals surface area contributed by atoms with E-state index in [2.05, 4.69) is 5.32 Å². The predicted octanol–water partition coefficient (Wildman–Crippen LogP) is -0.0927. The molecule has 0 aliphatic rings. The molecule has 0 bridgehead atoms. The molecule has 1 amide bonds. The molecule has 7 heteroatoms. The lowest BCUT2D eigenvalue weighted by Crippen LogP contribution is -2.37. The molecule has 0 fully saturated rings. The zero-order chi connectivity index (χ0) is 16.0. The number of nitrogens with zero attached hydrogens (tertiary/aromatic N) is 3. The topological polar surface area (TPSA) is 96.9 Å². The lowest BCUT2D eigenvalue weighted by molar-refractivity contribution is -0.117. The maximum Gasteiger partial charge on any atom is 0.330 e. The van der Waals surface area contributed by atoms with Gasteiger partial charge in [0.05, 0.1) is 5.56 Å². The van der Waals surface area contributed by atoms with Crippen molar-refractivity contribution in [2.45, 2.75) is 19.8 Å². The number of hydrogen-bond acceptors (Lipinski definition) is 4. The van der Waals surface area contributed by atoms with Crippen LogP contribution in [0.4, 0.5) is 0 Å². The lowest BCUT2D eigenvalue weighted by Gasteiger charge is -2.05. The Labute approximate surface area is 122 Å². The number of carbonyl (C=O) groups is 1. The molecular weight excluding hydrogens is 272 g/mol. The quantitative estimate of drug-likeness (QED) is 0.465. The van der Waals surface area contributed by atoms with Crippen LogP contribution in [-0.4, -0.2) is 21.6 Å². The standard InChI is InChI=1S/C14H18N4O3/c1-4-5-6-16-12(19)10(8-15)7-11-9-17(2)14(21)18(3)13(11)20/h7,9H,4-6H2,1-3H3,(H,16,19)/b10-7+. The second kappa shape index (κ2) is 7.24. The van der Waals surface area contributed by atoms with Crippen LogP contribution < -0.4 is 16.6 Å². The van der Waals surface area contributed by atoms with Crippen LogP contribution in [0.1, 0.15) is 25.3 Å². The number of carbonyl (C=O) groups excluding carboxylic acids is 1. The molecule has 1 heterocycles. The van der Waals surface area contributed by atoms with Crippen LogP contribution in [-0.2, 0) is 18.9 Å². The largest absolute Gasteiger partial charge is 0.351 e. The molecule has 1 aromatic rings. The minimum absolute atomic E-state index is 0.113. The average Bonchev–Trinajstić information content (AvgIpc) is 2.47. The molecule has 0 saturated heterocycles. The van der Waals surface area contributed by atoms with E-state index in [9.17, 15) is 14.4 Å². The highest BCUT2D eigenvalue weighted by atomic mass is 16.2. The number of unbranched alkanes of at least 4 members (excludes halogenated alkanes) is 1. The molecular formula is C14H18N4O3. The molecule has 1 aromatic heterocycles. The Morgan fingerprint density at radius 3 is 2.67 bits per heavy atom. The molecule has 21 heavy (non-hydrogen) atoms. The second-order valence-corrected chi connectivity index (χ2v) is 4.62. The highest BCUT2D eigenvalue weighted by Crippen LogP contribution is 2.01. The molecule has 0 unspecified atom stereocenters. The van der Waals surface area contributed by atoms with E-state index in [1.165, 1.54) is 30.9 Å². The van der Waals surface area contributed by atoms with Gasteiger partial charge in [-0.05, 0) is 12.5 Å². The summed E-state index contributed by atoms with van der Waals surface area (Å²) in [5, 5.41) is 11.6. The van der Waals surface area contributed by atoms with Crippen molar-refractivity contribution in [1.29, 1.82) is 5.26 Å². The van der Waals surface area contributed by atoms with Crippen molar-refractivity contribution in [2.24, 2.45) is 14.1 Å². The van der Waals surface area contributed by atoms with E-state index in [1.54, 1.807) is 6.07 Å². The van der Waals surface area contributed by atoms with Crippen LogP contribution in [0.3, 0.4) is 0 Å². The summed E-state index contributed by atoms with van der Waals surface area (Å²) in [6.45, 7) is 2.46. The molecule has 0 saturated carbocycles. The number of hydrogen-bond donors (Lipinski definition) is 1.